The summed E-state index contributed by atoms with van der Waals surface area (Å²) >= 11 is 0. The van der Waals surface area contributed by atoms with Gasteiger partial charge in [0.2, 0.25) is 0 Å². The number of benzene rings is 1. The molecule has 0 radical (unpaired) electrons. The molecule has 0 aliphatic carbocycles. The minimum Gasteiger partial charge on any atom is -0.489 e. The highest BCUT2D eigenvalue weighted by Crippen LogP contribution is 2.11. The quantitative estimate of drug-likeness (QED) is 0.680. The largest absolute Gasteiger partial charge is 0.489 e. The summed E-state index contributed by atoms with van der Waals surface area (Å²) in [6.45, 7) is 6.39. The highest BCUT2D eigenvalue weighted by Gasteiger charge is 2.06. The topological polar surface area (TPSA) is 21.3 Å². The standard InChI is InChI=1S/C14H23NO/c1-3-5-11-15-12-13(4-2)16-14-9-7-6-8-10-14/h6-10,13,15H,3-5,11-12H2,1-2H3. The van der Waals surface area contributed by atoms with E-state index in [1.165, 1.54) is 12.8 Å². The van der Waals surface area contributed by atoms with Gasteiger partial charge in [-0.25, -0.2) is 0 Å². The lowest BCUT2D eigenvalue weighted by Crippen LogP contribution is -2.31. The summed E-state index contributed by atoms with van der Waals surface area (Å²) in [5, 5.41) is 3.43. The van der Waals surface area contributed by atoms with Crippen LogP contribution < -0.4 is 10.1 Å². The van der Waals surface area contributed by atoms with E-state index >= 15 is 0 Å². The SMILES string of the molecule is CCCCNCC(CC)Oc1ccccc1. The van der Waals surface area contributed by atoms with Gasteiger partial charge in [-0.1, -0.05) is 38.5 Å². The van der Waals surface area contributed by atoms with Gasteiger partial charge >= 0.3 is 0 Å². The van der Waals surface area contributed by atoms with E-state index in [1.54, 1.807) is 0 Å². The third-order valence-electron chi connectivity index (χ3n) is 2.58. The van der Waals surface area contributed by atoms with Gasteiger partial charge in [-0.2, -0.15) is 0 Å². The van der Waals surface area contributed by atoms with Gasteiger partial charge in [-0.05, 0) is 31.5 Å². The fourth-order valence-corrected chi connectivity index (χ4v) is 1.53. The monoisotopic (exact) mass is 221 g/mol. The van der Waals surface area contributed by atoms with E-state index in [0.717, 1.165) is 25.3 Å². The number of ether oxygens (including phenoxy) is 1. The zero-order valence-corrected chi connectivity index (χ0v) is 10.4. The molecule has 0 aromatic heterocycles. The molecule has 1 N–H and O–H groups in total. The lowest BCUT2D eigenvalue weighted by atomic mass is 10.2. The number of rotatable bonds is 8. The van der Waals surface area contributed by atoms with E-state index in [-0.39, 0.29) is 6.10 Å². The molecular formula is C14H23NO. The maximum Gasteiger partial charge on any atom is 0.119 e. The van der Waals surface area contributed by atoms with Crippen LogP contribution in [0.2, 0.25) is 0 Å². The second-order valence-electron chi connectivity index (χ2n) is 4.02. The summed E-state index contributed by atoms with van der Waals surface area (Å²) in [5.41, 5.74) is 0. The predicted molar refractivity (Wildman–Crippen MR) is 68.9 cm³/mol. The Morgan fingerprint density at radius 2 is 1.94 bits per heavy atom. The van der Waals surface area contributed by atoms with Crippen LogP contribution in [0.15, 0.2) is 30.3 Å². The maximum absolute atomic E-state index is 5.88. The fourth-order valence-electron chi connectivity index (χ4n) is 1.53. The zero-order valence-electron chi connectivity index (χ0n) is 10.4. The summed E-state index contributed by atoms with van der Waals surface area (Å²) in [4.78, 5) is 0. The third-order valence-corrected chi connectivity index (χ3v) is 2.58. The highest BCUT2D eigenvalue weighted by molar-refractivity contribution is 5.21. The molecule has 2 heteroatoms. The van der Waals surface area contributed by atoms with Crippen molar-refractivity contribution in [3.8, 4) is 5.75 Å². The van der Waals surface area contributed by atoms with Crippen molar-refractivity contribution in [2.24, 2.45) is 0 Å². The Morgan fingerprint density at radius 1 is 1.19 bits per heavy atom. The molecule has 1 aromatic rings. The Balaban J connectivity index is 2.26. The lowest BCUT2D eigenvalue weighted by molar-refractivity contribution is 0.193. The molecule has 16 heavy (non-hydrogen) atoms. The molecule has 0 heterocycles. The molecule has 0 aliphatic rings. The van der Waals surface area contributed by atoms with Crippen molar-refractivity contribution in [2.75, 3.05) is 13.1 Å². The van der Waals surface area contributed by atoms with Crippen LogP contribution in [0.4, 0.5) is 0 Å². The van der Waals surface area contributed by atoms with Crippen LogP contribution in [-0.2, 0) is 0 Å². The molecule has 1 aromatic carbocycles. The Hall–Kier alpha value is -1.02. The van der Waals surface area contributed by atoms with Crippen molar-refractivity contribution in [3.63, 3.8) is 0 Å². The average Bonchev–Trinajstić information content (AvgIpc) is 2.34. The Bertz CT molecular complexity index is 261. The molecule has 0 fully saturated rings. The second-order valence-corrected chi connectivity index (χ2v) is 4.02. The fraction of sp³-hybridized carbons (Fsp3) is 0.571. The number of unbranched alkanes of at least 4 members (excludes halogenated alkanes) is 1. The molecule has 0 saturated heterocycles. The summed E-state index contributed by atoms with van der Waals surface area (Å²) in [7, 11) is 0. The van der Waals surface area contributed by atoms with Gasteiger partial charge < -0.3 is 10.1 Å². The Morgan fingerprint density at radius 3 is 2.56 bits per heavy atom. The Kier molecular flexibility index (Phi) is 6.66. The van der Waals surface area contributed by atoms with E-state index in [1.807, 2.05) is 30.3 Å². The number of nitrogens with one attached hydrogen (secondary N) is 1. The van der Waals surface area contributed by atoms with E-state index in [2.05, 4.69) is 19.2 Å². The molecule has 90 valence electrons. The molecule has 2 nitrogen and oxygen atoms in total. The normalized spacial score (nSPS) is 12.4. The molecule has 0 amide bonds. The van der Waals surface area contributed by atoms with Gasteiger partial charge in [0, 0.05) is 6.54 Å². The van der Waals surface area contributed by atoms with Crippen LogP contribution >= 0.6 is 0 Å². The molecule has 1 rings (SSSR count). The average molecular weight is 221 g/mol. The van der Waals surface area contributed by atoms with Gasteiger partial charge in [0.1, 0.15) is 11.9 Å². The molecule has 1 unspecified atom stereocenters. The van der Waals surface area contributed by atoms with Gasteiger partial charge in [0.15, 0.2) is 0 Å². The van der Waals surface area contributed by atoms with E-state index in [4.69, 9.17) is 4.74 Å². The van der Waals surface area contributed by atoms with Crippen molar-refractivity contribution in [1.82, 2.24) is 5.32 Å². The molecule has 0 saturated carbocycles. The van der Waals surface area contributed by atoms with Crippen LogP contribution in [0.25, 0.3) is 0 Å². The van der Waals surface area contributed by atoms with Crippen molar-refractivity contribution in [1.29, 1.82) is 0 Å². The third kappa shape index (κ3) is 5.17. The highest BCUT2D eigenvalue weighted by atomic mass is 16.5. The molecule has 1 atom stereocenters. The Labute approximate surface area is 99.0 Å². The van der Waals surface area contributed by atoms with Crippen molar-refractivity contribution < 1.29 is 4.74 Å². The van der Waals surface area contributed by atoms with Crippen LogP contribution in [0.3, 0.4) is 0 Å². The lowest BCUT2D eigenvalue weighted by Gasteiger charge is -2.18. The first-order valence-electron chi connectivity index (χ1n) is 6.29. The summed E-state index contributed by atoms with van der Waals surface area (Å²) in [6, 6.07) is 10.0. The first kappa shape index (κ1) is 13.0. The van der Waals surface area contributed by atoms with Crippen LogP contribution in [0.5, 0.6) is 5.75 Å². The van der Waals surface area contributed by atoms with E-state index in [9.17, 15) is 0 Å². The summed E-state index contributed by atoms with van der Waals surface area (Å²) < 4.78 is 5.88. The number of para-hydroxylation sites is 1. The second kappa shape index (κ2) is 8.17. The van der Waals surface area contributed by atoms with E-state index < -0.39 is 0 Å². The van der Waals surface area contributed by atoms with Crippen molar-refractivity contribution in [3.05, 3.63) is 30.3 Å². The van der Waals surface area contributed by atoms with Gasteiger partial charge in [0.25, 0.3) is 0 Å². The predicted octanol–water partition coefficient (Wildman–Crippen LogP) is 3.23. The van der Waals surface area contributed by atoms with Crippen molar-refractivity contribution >= 4 is 0 Å². The molecular weight excluding hydrogens is 198 g/mol. The van der Waals surface area contributed by atoms with Gasteiger partial charge in [-0.15, -0.1) is 0 Å². The smallest absolute Gasteiger partial charge is 0.119 e. The molecule has 0 spiro atoms. The summed E-state index contributed by atoms with van der Waals surface area (Å²) in [5.74, 6) is 0.964. The first-order valence-corrected chi connectivity index (χ1v) is 6.29. The van der Waals surface area contributed by atoms with Crippen LogP contribution in [-0.4, -0.2) is 19.2 Å². The number of hydrogen-bond acceptors (Lipinski definition) is 2. The first-order chi connectivity index (χ1) is 7.86. The molecule has 0 bridgehead atoms. The summed E-state index contributed by atoms with van der Waals surface area (Å²) in [6.07, 6.45) is 3.79. The maximum atomic E-state index is 5.88. The van der Waals surface area contributed by atoms with Gasteiger partial charge in [-0.3, -0.25) is 0 Å². The van der Waals surface area contributed by atoms with Crippen molar-refractivity contribution in [2.45, 2.75) is 39.2 Å². The van der Waals surface area contributed by atoms with Crippen LogP contribution in [0, 0.1) is 0 Å². The van der Waals surface area contributed by atoms with E-state index in [0.29, 0.717) is 0 Å². The minimum atomic E-state index is 0.277. The number of hydrogen-bond donors (Lipinski definition) is 1. The van der Waals surface area contributed by atoms with Crippen LogP contribution in [0.1, 0.15) is 33.1 Å². The zero-order chi connectivity index (χ0) is 11.6. The molecule has 0 aliphatic heterocycles. The minimum absolute atomic E-state index is 0.277. The van der Waals surface area contributed by atoms with Gasteiger partial charge in [0.05, 0.1) is 0 Å².